The van der Waals surface area contributed by atoms with E-state index < -0.39 is 24.0 Å². The lowest BCUT2D eigenvalue weighted by Gasteiger charge is -2.22. The molecule has 2 amide bonds. The summed E-state index contributed by atoms with van der Waals surface area (Å²) in [5.74, 6) is -1.11. The molecule has 0 bridgehead atoms. The first kappa shape index (κ1) is 13.6. The number of carbonyl (C=O) groups is 2. The summed E-state index contributed by atoms with van der Waals surface area (Å²) in [4.78, 5) is 24.9. The molecule has 2 atom stereocenters. The van der Waals surface area contributed by atoms with Crippen LogP contribution in [0.3, 0.4) is 0 Å². The van der Waals surface area contributed by atoms with Gasteiger partial charge in [0.25, 0.3) is 5.91 Å². The van der Waals surface area contributed by atoms with Gasteiger partial charge in [0.05, 0.1) is 16.7 Å². The minimum Gasteiger partial charge on any atom is -0.399 e. The maximum atomic E-state index is 12.3. The standard InChI is InChI=1S/C12H14ClN3O3/c13-9-2-1-6(14)3-8(9)12(19)16-5-7(17)4-10(16)11(15)18/h1-3,7,10,17H,4-5,14H2,(H2,15,18). The number of halogens is 1. The SMILES string of the molecule is NC(=O)C1CC(O)CN1C(=O)c1cc(N)ccc1Cl. The number of aliphatic hydroxyl groups excluding tert-OH is 1. The Morgan fingerprint density at radius 1 is 1.42 bits per heavy atom. The van der Waals surface area contributed by atoms with Crippen LogP contribution < -0.4 is 11.5 Å². The molecule has 0 aliphatic carbocycles. The smallest absolute Gasteiger partial charge is 0.256 e. The minimum absolute atomic E-state index is 0.0531. The van der Waals surface area contributed by atoms with Crippen molar-refractivity contribution in [1.82, 2.24) is 4.90 Å². The quantitative estimate of drug-likeness (QED) is 0.663. The third-order valence-corrected chi connectivity index (χ3v) is 3.42. The number of benzene rings is 1. The Labute approximate surface area is 114 Å². The molecule has 1 aliphatic heterocycles. The van der Waals surface area contributed by atoms with Crippen LogP contribution in [0.1, 0.15) is 16.8 Å². The molecule has 7 heteroatoms. The lowest BCUT2D eigenvalue weighted by atomic mass is 10.1. The number of hydrogen-bond donors (Lipinski definition) is 3. The van der Waals surface area contributed by atoms with Crippen LogP contribution >= 0.6 is 11.6 Å². The molecule has 1 aromatic rings. The maximum absolute atomic E-state index is 12.3. The number of amides is 2. The number of rotatable bonds is 2. The number of hydrogen-bond acceptors (Lipinski definition) is 4. The minimum atomic E-state index is -0.819. The van der Waals surface area contributed by atoms with Gasteiger partial charge >= 0.3 is 0 Å². The highest BCUT2D eigenvalue weighted by Gasteiger charge is 2.38. The second kappa shape index (κ2) is 5.07. The largest absolute Gasteiger partial charge is 0.399 e. The van der Waals surface area contributed by atoms with Crippen LogP contribution in [0.4, 0.5) is 5.69 Å². The van der Waals surface area contributed by atoms with Crippen molar-refractivity contribution in [3.63, 3.8) is 0 Å². The van der Waals surface area contributed by atoms with Gasteiger partial charge in [0.1, 0.15) is 6.04 Å². The molecular weight excluding hydrogens is 270 g/mol. The van der Waals surface area contributed by atoms with E-state index in [2.05, 4.69) is 0 Å². The van der Waals surface area contributed by atoms with E-state index in [1.165, 1.54) is 17.0 Å². The summed E-state index contributed by atoms with van der Waals surface area (Å²) in [7, 11) is 0. The predicted octanol–water partition coefficient (Wildman–Crippen LogP) is -0.0171. The molecule has 2 unspecified atom stereocenters. The average molecular weight is 284 g/mol. The number of anilines is 1. The third kappa shape index (κ3) is 2.64. The average Bonchev–Trinajstić information content (AvgIpc) is 2.74. The summed E-state index contributed by atoms with van der Waals surface area (Å²) >= 11 is 5.95. The van der Waals surface area contributed by atoms with E-state index in [1.54, 1.807) is 6.07 Å². The van der Waals surface area contributed by atoms with Gasteiger partial charge in [-0.3, -0.25) is 9.59 Å². The topological polar surface area (TPSA) is 110 Å². The van der Waals surface area contributed by atoms with Crippen LogP contribution in [0, 0.1) is 0 Å². The van der Waals surface area contributed by atoms with Crippen LogP contribution in [0.25, 0.3) is 0 Å². The Balaban J connectivity index is 2.33. The normalized spacial score (nSPS) is 22.5. The number of aliphatic hydroxyl groups is 1. The Morgan fingerprint density at radius 3 is 2.74 bits per heavy atom. The van der Waals surface area contributed by atoms with Crippen molar-refractivity contribution >= 4 is 29.1 Å². The highest BCUT2D eigenvalue weighted by Crippen LogP contribution is 2.25. The molecule has 0 radical (unpaired) electrons. The molecule has 19 heavy (non-hydrogen) atoms. The molecule has 0 spiro atoms. The lowest BCUT2D eigenvalue weighted by Crippen LogP contribution is -2.43. The van der Waals surface area contributed by atoms with Gasteiger partial charge in [-0.15, -0.1) is 0 Å². The summed E-state index contributed by atoms with van der Waals surface area (Å²) in [6.45, 7) is 0.0531. The first-order valence-corrected chi connectivity index (χ1v) is 6.11. The van der Waals surface area contributed by atoms with Gasteiger partial charge in [0.15, 0.2) is 0 Å². The summed E-state index contributed by atoms with van der Waals surface area (Å²) < 4.78 is 0. The number of likely N-dealkylation sites (tertiary alicyclic amines) is 1. The third-order valence-electron chi connectivity index (χ3n) is 3.09. The van der Waals surface area contributed by atoms with E-state index in [0.717, 1.165) is 0 Å². The van der Waals surface area contributed by atoms with Crippen molar-refractivity contribution in [3.8, 4) is 0 Å². The number of β-amino-alcohol motifs (C(OH)–C–C–N with tert-alkyl or cyclic N) is 1. The molecule has 2 rings (SSSR count). The number of nitrogens with zero attached hydrogens (tertiary/aromatic N) is 1. The molecule has 102 valence electrons. The molecular formula is C12H14ClN3O3. The van der Waals surface area contributed by atoms with Crippen LogP contribution in [-0.2, 0) is 4.79 Å². The van der Waals surface area contributed by atoms with Gasteiger partial charge in [-0.25, -0.2) is 0 Å². The van der Waals surface area contributed by atoms with E-state index in [4.69, 9.17) is 23.1 Å². The maximum Gasteiger partial charge on any atom is 0.256 e. The van der Waals surface area contributed by atoms with Crippen LogP contribution in [-0.4, -0.2) is 40.5 Å². The summed E-state index contributed by atoms with van der Waals surface area (Å²) in [6, 6.07) is 3.70. The molecule has 6 nitrogen and oxygen atoms in total. The molecule has 1 aromatic carbocycles. The lowest BCUT2D eigenvalue weighted by molar-refractivity contribution is -0.121. The summed E-state index contributed by atoms with van der Waals surface area (Å²) in [6.07, 6.45) is -0.623. The Morgan fingerprint density at radius 2 is 2.11 bits per heavy atom. The van der Waals surface area contributed by atoms with E-state index >= 15 is 0 Å². The van der Waals surface area contributed by atoms with Gasteiger partial charge in [-0.05, 0) is 18.2 Å². The molecule has 5 N–H and O–H groups in total. The number of nitrogen functional groups attached to an aromatic ring is 1. The van der Waals surface area contributed by atoms with Crippen molar-refractivity contribution in [2.24, 2.45) is 5.73 Å². The fourth-order valence-corrected chi connectivity index (χ4v) is 2.37. The fourth-order valence-electron chi connectivity index (χ4n) is 2.17. The van der Waals surface area contributed by atoms with Crippen molar-refractivity contribution in [2.75, 3.05) is 12.3 Å². The second-order valence-corrected chi connectivity index (χ2v) is 4.91. The summed E-state index contributed by atoms with van der Waals surface area (Å²) in [5, 5.41) is 9.82. The van der Waals surface area contributed by atoms with Gasteiger partial charge in [-0.1, -0.05) is 11.6 Å². The summed E-state index contributed by atoms with van der Waals surface area (Å²) in [5.41, 5.74) is 11.4. The zero-order valence-electron chi connectivity index (χ0n) is 10.0. The Hall–Kier alpha value is -1.79. The van der Waals surface area contributed by atoms with Gasteiger partial charge in [0, 0.05) is 18.7 Å². The molecule has 1 saturated heterocycles. The second-order valence-electron chi connectivity index (χ2n) is 4.50. The number of nitrogens with two attached hydrogens (primary N) is 2. The first-order valence-electron chi connectivity index (χ1n) is 5.73. The molecule has 0 aromatic heterocycles. The van der Waals surface area contributed by atoms with Crippen LogP contribution in [0.2, 0.25) is 5.02 Å². The van der Waals surface area contributed by atoms with Crippen molar-refractivity contribution in [1.29, 1.82) is 0 Å². The van der Waals surface area contributed by atoms with Crippen molar-refractivity contribution in [2.45, 2.75) is 18.6 Å². The Kier molecular flexibility index (Phi) is 3.64. The van der Waals surface area contributed by atoms with Crippen LogP contribution in [0.15, 0.2) is 18.2 Å². The van der Waals surface area contributed by atoms with E-state index in [0.29, 0.717) is 5.69 Å². The number of primary amides is 1. The Bertz CT molecular complexity index is 535. The van der Waals surface area contributed by atoms with Gasteiger partial charge < -0.3 is 21.5 Å². The van der Waals surface area contributed by atoms with E-state index in [-0.39, 0.29) is 23.6 Å². The first-order chi connectivity index (χ1) is 8.90. The fraction of sp³-hybridized carbons (Fsp3) is 0.333. The molecule has 1 heterocycles. The molecule has 1 fully saturated rings. The zero-order chi connectivity index (χ0) is 14.2. The van der Waals surface area contributed by atoms with Gasteiger partial charge in [0.2, 0.25) is 5.91 Å². The predicted molar refractivity (Wildman–Crippen MR) is 70.5 cm³/mol. The van der Waals surface area contributed by atoms with Gasteiger partial charge in [-0.2, -0.15) is 0 Å². The van der Waals surface area contributed by atoms with E-state index in [9.17, 15) is 14.7 Å². The highest BCUT2D eigenvalue weighted by molar-refractivity contribution is 6.34. The molecule has 1 aliphatic rings. The van der Waals surface area contributed by atoms with E-state index in [1.807, 2.05) is 0 Å². The van der Waals surface area contributed by atoms with Crippen LogP contribution in [0.5, 0.6) is 0 Å². The highest BCUT2D eigenvalue weighted by atomic mass is 35.5. The van der Waals surface area contributed by atoms with Crippen molar-refractivity contribution in [3.05, 3.63) is 28.8 Å². The van der Waals surface area contributed by atoms with Crippen molar-refractivity contribution < 1.29 is 14.7 Å². The molecule has 0 saturated carbocycles. The zero-order valence-corrected chi connectivity index (χ0v) is 10.8. The number of carbonyl (C=O) groups excluding carboxylic acids is 2. The monoisotopic (exact) mass is 283 g/mol.